The highest BCUT2D eigenvalue weighted by atomic mass is 16.3. The molecule has 0 atom stereocenters. The first-order chi connectivity index (χ1) is 10.1. The molecule has 0 aliphatic heterocycles. The van der Waals surface area contributed by atoms with E-state index >= 15 is 0 Å². The zero-order valence-corrected chi connectivity index (χ0v) is 11.2. The lowest BCUT2D eigenvalue weighted by molar-refractivity contribution is 0.476. The highest BCUT2D eigenvalue weighted by Gasteiger charge is 2.16. The fourth-order valence-corrected chi connectivity index (χ4v) is 2.55. The average Bonchev–Trinajstić information content (AvgIpc) is 3.01. The Morgan fingerprint density at radius 2 is 2.10 bits per heavy atom. The van der Waals surface area contributed by atoms with Gasteiger partial charge in [-0.1, -0.05) is 0 Å². The molecule has 21 heavy (non-hydrogen) atoms. The largest absolute Gasteiger partial charge is 0.508 e. The number of aromatic hydroxyl groups is 1. The summed E-state index contributed by atoms with van der Waals surface area (Å²) < 4.78 is 1.67. The lowest BCUT2D eigenvalue weighted by Crippen LogP contribution is -1.95. The fourth-order valence-electron chi connectivity index (χ4n) is 2.55. The molecule has 3 heterocycles. The summed E-state index contributed by atoms with van der Waals surface area (Å²) in [6.07, 6.45) is 1.42. The maximum atomic E-state index is 9.56. The molecule has 3 aromatic heterocycles. The number of rotatable bonds is 1. The Hall–Kier alpha value is -3.09. The molecule has 0 amide bonds. The lowest BCUT2D eigenvalue weighted by Gasteiger charge is -1.96. The van der Waals surface area contributed by atoms with Crippen molar-refractivity contribution in [2.24, 2.45) is 7.05 Å². The summed E-state index contributed by atoms with van der Waals surface area (Å²) in [4.78, 5) is 11.5. The summed E-state index contributed by atoms with van der Waals surface area (Å²) in [7, 11) is 1.81. The second-order valence-corrected chi connectivity index (χ2v) is 4.88. The lowest BCUT2D eigenvalue weighted by atomic mass is 10.2. The number of aromatic amines is 1. The van der Waals surface area contributed by atoms with Crippen molar-refractivity contribution in [3.8, 4) is 17.1 Å². The molecule has 0 fully saturated rings. The Labute approximate surface area is 119 Å². The van der Waals surface area contributed by atoms with Crippen LogP contribution in [0.3, 0.4) is 0 Å². The van der Waals surface area contributed by atoms with E-state index in [-0.39, 0.29) is 5.75 Å². The number of phenolic OH excluding ortho intramolecular Hbond substituents is 1. The minimum atomic E-state index is 0.224. The van der Waals surface area contributed by atoms with Gasteiger partial charge < -0.3 is 15.8 Å². The Balaban J connectivity index is 2.04. The number of aromatic nitrogens is 5. The Morgan fingerprint density at radius 1 is 1.24 bits per heavy atom. The van der Waals surface area contributed by atoms with Gasteiger partial charge in [0.1, 0.15) is 23.6 Å². The van der Waals surface area contributed by atoms with Gasteiger partial charge in [0.2, 0.25) is 0 Å². The van der Waals surface area contributed by atoms with Crippen LogP contribution < -0.4 is 5.73 Å². The van der Waals surface area contributed by atoms with E-state index in [0.29, 0.717) is 17.2 Å². The third-order valence-corrected chi connectivity index (χ3v) is 3.51. The number of nitrogens with zero attached hydrogens (tertiary/aromatic N) is 4. The van der Waals surface area contributed by atoms with Crippen LogP contribution in [0, 0.1) is 0 Å². The van der Waals surface area contributed by atoms with Gasteiger partial charge in [0.25, 0.3) is 0 Å². The molecular weight excluding hydrogens is 268 g/mol. The first-order valence-corrected chi connectivity index (χ1v) is 6.39. The van der Waals surface area contributed by atoms with E-state index in [4.69, 9.17) is 5.73 Å². The van der Waals surface area contributed by atoms with Crippen LogP contribution in [0.4, 0.5) is 5.82 Å². The zero-order chi connectivity index (χ0) is 14.6. The van der Waals surface area contributed by atoms with Crippen molar-refractivity contribution < 1.29 is 5.11 Å². The standard InChI is InChI=1S/C14H12N6O/c1-20-14-11(13(15)16-6-17-14)12(19-20)10-5-7-4-8(21)2-3-9(7)18-10/h2-6,18,21H,1H3,(H2,15,16,17). The number of fused-ring (bicyclic) bond motifs is 2. The molecule has 0 aliphatic rings. The molecule has 7 heteroatoms. The third-order valence-electron chi connectivity index (χ3n) is 3.51. The molecule has 0 bridgehead atoms. The fraction of sp³-hybridized carbons (Fsp3) is 0.0714. The minimum Gasteiger partial charge on any atom is -0.508 e. The highest BCUT2D eigenvalue weighted by Crippen LogP contribution is 2.31. The van der Waals surface area contributed by atoms with Crippen molar-refractivity contribution in [3.63, 3.8) is 0 Å². The van der Waals surface area contributed by atoms with Crippen molar-refractivity contribution in [2.45, 2.75) is 0 Å². The van der Waals surface area contributed by atoms with Gasteiger partial charge in [0, 0.05) is 18.0 Å². The second kappa shape index (κ2) is 3.95. The SMILES string of the molecule is Cn1nc(-c2cc3cc(O)ccc3[nH]2)c2c(N)ncnc21. The molecule has 7 nitrogen and oxygen atoms in total. The summed E-state index contributed by atoms with van der Waals surface area (Å²) in [5, 5.41) is 15.7. The minimum absolute atomic E-state index is 0.224. The quantitative estimate of drug-likeness (QED) is 0.493. The number of benzene rings is 1. The van der Waals surface area contributed by atoms with Crippen molar-refractivity contribution >= 4 is 27.8 Å². The molecule has 1 aromatic carbocycles. The summed E-state index contributed by atoms with van der Waals surface area (Å²) in [5.41, 5.74) is 9.06. The van der Waals surface area contributed by atoms with E-state index in [1.54, 1.807) is 16.8 Å². The van der Waals surface area contributed by atoms with Crippen LogP contribution in [-0.2, 0) is 7.05 Å². The van der Waals surface area contributed by atoms with Crippen molar-refractivity contribution in [2.75, 3.05) is 5.73 Å². The van der Waals surface area contributed by atoms with E-state index in [2.05, 4.69) is 20.1 Å². The van der Waals surface area contributed by atoms with Crippen LogP contribution in [0.2, 0.25) is 0 Å². The maximum absolute atomic E-state index is 9.56. The van der Waals surface area contributed by atoms with Gasteiger partial charge in [-0.2, -0.15) is 5.10 Å². The smallest absolute Gasteiger partial charge is 0.163 e. The Morgan fingerprint density at radius 3 is 2.95 bits per heavy atom. The molecule has 4 aromatic rings. The predicted octanol–water partition coefficient (Wildman–Crippen LogP) is 1.80. The van der Waals surface area contributed by atoms with Gasteiger partial charge >= 0.3 is 0 Å². The number of nitrogens with one attached hydrogen (secondary N) is 1. The van der Waals surface area contributed by atoms with Gasteiger partial charge in [0.15, 0.2) is 5.65 Å². The molecule has 0 unspecified atom stereocenters. The van der Waals surface area contributed by atoms with Crippen molar-refractivity contribution in [1.82, 2.24) is 24.7 Å². The zero-order valence-electron chi connectivity index (χ0n) is 11.2. The number of nitrogen functional groups attached to an aromatic ring is 1. The molecule has 4 N–H and O–H groups in total. The maximum Gasteiger partial charge on any atom is 0.163 e. The molecule has 4 rings (SSSR count). The van der Waals surface area contributed by atoms with E-state index in [0.717, 1.165) is 22.0 Å². The summed E-state index contributed by atoms with van der Waals surface area (Å²) in [6.45, 7) is 0. The molecule has 0 saturated heterocycles. The Bertz CT molecular complexity index is 984. The first kappa shape index (κ1) is 11.7. The van der Waals surface area contributed by atoms with Gasteiger partial charge in [-0.25, -0.2) is 14.6 Å². The average molecular weight is 280 g/mol. The van der Waals surface area contributed by atoms with Gasteiger partial charge in [-0.3, -0.25) is 0 Å². The molecule has 0 saturated carbocycles. The van der Waals surface area contributed by atoms with Gasteiger partial charge in [-0.15, -0.1) is 0 Å². The highest BCUT2D eigenvalue weighted by molar-refractivity contribution is 5.99. The summed E-state index contributed by atoms with van der Waals surface area (Å²) in [6, 6.07) is 7.07. The number of hydrogen-bond acceptors (Lipinski definition) is 5. The summed E-state index contributed by atoms with van der Waals surface area (Å²) >= 11 is 0. The normalized spacial score (nSPS) is 11.5. The van der Waals surface area contributed by atoms with Crippen LogP contribution in [0.25, 0.3) is 33.3 Å². The van der Waals surface area contributed by atoms with Crippen LogP contribution >= 0.6 is 0 Å². The topological polar surface area (TPSA) is 106 Å². The van der Waals surface area contributed by atoms with E-state index in [9.17, 15) is 5.11 Å². The monoisotopic (exact) mass is 280 g/mol. The molecule has 0 aliphatic carbocycles. The third kappa shape index (κ3) is 1.64. The van der Waals surface area contributed by atoms with Crippen molar-refractivity contribution in [3.05, 3.63) is 30.6 Å². The van der Waals surface area contributed by atoms with Gasteiger partial charge in [-0.05, 0) is 24.3 Å². The number of phenols is 1. The number of aryl methyl sites for hydroxylation is 1. The molecule has 104 valence electrons. The van der Waals surface area contributed by atoms with E-state index < -0.39 is 0 Å². The molecule has 0 spiro atoms. The summed E-state index contributed by atoms with van der Waals surface area (Å²) in [5.74, 6) is 0.617. The van der Waals surface area contributed by atoms with Crippen LogP contribution in [0.1, 0.15) is 0 Å². The number of hydrogen-bond donors (Lipinski definition) is 3. The number of nitrogens with two attached hydrogens (primary N) is 1. The molecular formula is C14H12N6O. The predicted molar refractivity (Wildman–Crippen MR) is 79.7 cm³/mol. The van der Waals surface area contributed by atoms with E-state index in [1.807, 2.05) is 19.2 Å². The molecule has 0 radical (unpaired) electrons. The van der Waals surface area contributed by atoms with Crippen molar-refractivity contribution in [1.29, 1.82) is 0 Å². The van der Waals surface area contributed by atoms with E-state index in [1.165, 1.54) is 6.33 Å². The van der Waals surface area contributed by atoms with Crippen LogP contribution in [0.5, 0.6) is 5.75 Å². The van der Waals surface area contributed by atoms with Crippen LogP contribution in [-0.4, -0.2) is 29.8 Å². The first-order valence-electron chi connectivity index (χ1n) is 6.39. The number of H-pyrrole nitrogens is 1. The number of anilines is 1. The second-order valence-electron chi connectivity index (χ2n) is 4.88. The Kier molecular flexibility index (Phi) is 2.20. The van der Waals surface area contributed by atoms with Crippen LogP contribution in [0.15, 0.2) is 30.6 Å². The van der Waals surface area contributed by atoms with Gasteiger partial charge in [0.05, 0.1) is 11.1 Å².